The number of hydrogen-bond donors (Lipinski definition) is 2. The SMILES string of the molecule is NNC(c1ccccc1)c1cc(Cl)cc(Cl)c1. The monoisotopic (exact) mass is 266 g/mol. The van der Waals surface area contributed by atoms with Gasteiger partial charge in [0.05, 0.1) is 6.04 Å². The van der Waals surface area contributed by atoms with E-state index in [1.54, 1.807) is 6.07 Å². The molecule has 3 N–H and O–H groups in total. The Morgan fingerprint density at radius 2 is 1.47 bits per heavy atom. The third kappa shape index (κ3) is 2.99. The quantitative estimate of drug-likeness (QED) is 0.659. The van der Waals surface area contributed by atoms with Gasteiger partial charge in [0.15, 0.2) is 0 Å². The van der Waals surface area contributed by atoms with E-state index >= 15 is 0 Å². The summed E-state index contributed by atoms with van der Waals surface area (Å²) in [4.78, 5) is 0. The fraction of sp³-hybridized carbons (Fsp3) is 0.0769. The average molecular weight is 267 g/mol. The van der Waals surface area contributed by atoms with Gasteiger partial charge in [0, 0.05) is 10.0 Å². The van der Waals surface area contributed by atoms with E-state index in [0.29, 0.717) is 10.0 Å². The molecule has 2 aromatic rings. The van der Waals surface area contributed by atoms with Crippen LogP contribution in [-0.4, -0.2) is 0 Å². The van der Waals surface area contributed by atoms with Crippen LogP contribution in [0.2, 0.25) is 10.0 Å². The second-order valence-corrected chi connectivity index (χ2v) is 4.59. The van der Waals surface area contributed by atoms with Crippen LogP contribution < -0.4 is 11.3 Å². The summed E-state index contributed by atoms with van der Waals surface area (Å²) in [5.41, 5.74) is 4.78. The van der Waals surface area contributed by atoms with Crippen LogP contribution in [0.15, 0.2) is 48.5 Å². The zero-order chi connectivity index (χ0) is 12.3. The van der Waals surface area contributed by atoms with Crippen LogP contribution in [0, 0.1) is 0 Å². The molecule has 0 saturated heterocycles. The summed E-state index contributed by atoms with van der Waals surface area (Å²) in [6.45, 7) is 0. The molecule has 0 amide bonds. The van der Waals surface area contributed by atoms with E-state index in [2.05, 4.69) is 5.43 Å². The Balaban J connectivity index is 2.42. The maximum Gasteiger partial charge on any atom is 0.0711 e. The summed E-state index contributed by atoms with van der Waals surface area (Å²) in [6.07, 6.45) is 0. The average Bonchev–Trinajstić information content (AvgIpc) is 2.30. The summed E-state index contributed by atoms with van der Waals surface area (Å²) in [6, 6.07) is 15.2. The number of hydrogen-bond acceptors (Lipinski definition) is 2. The molecule has 4 heteroatoms. The number of benzene rings is 2. The number of nitrogens with two attached hydrogens (primary N) is 1. The summed E-state index contributed by atoms with van der Waals surface area (Å²) in [7, 11) is 0. The van der Waals surface area contributed by atoms with E-state index in [4.69, 9.17) is 29.0 Å². The second-order valence-electron chi connectivity index (χ2n) is 3.71. The summed E-state index contributed by atoms with van der Waals surface area (Å²) in [5, 5.41) is 1.20. The Morgan fingerprint density at radius 3 is 2.00 bits per heavy atom. The smallest absolute Gasteiger partial charge is 0.0711 e. The molecule has 0 aromatic heterocycles. The van der Waals surface area contributed by atoms with Crippen LogP contribution in [0.1, 0.15) is 17.2 Å². The zero-order valence-corrected chi connectivity index (χ0v) is 10.5. The van der Waals surface area contributed by atoms with Crippen LogP contribution >= 0.6 is 23.2 Å². The van der Waals surface area contributed by atoms with Crippen LogP contribution in [0.5, 0.6) is 0 Å². The molecule has 88 valence electrons. The Kier molecular flexibility index (Phi) is 4.02. The molecule has 0 aliphatic carbocycles. The first-order chi connectivity index (χ1) is 8.20. The molecule has 0 spiro atoms. The Hall–Kier alpha value is -1.06. The molecule has 0 saturated carbocycles. The van der Waals surface area contributed by atoms with E-state index in [1.165, 1.54) is 0 Å². The van der Waals surface area contributed by atoms with Crippen LogP contribution in [0.25, 0.3) is 0 Å². The second kappa shape index (κ2) is 5.52. The van der Waals surface area contributed by atoms with Crippen molar-refractivity contribution in [1.29, 1.82) is 0 Å². The minimum atomic E-state index is -0.118. The Labute approximate surface area is 110 Å². The topological polar surface area (TPSA) is 38.0 Å². The molecular formula is C13H12Cl2N2. The Morgan fingerprint density at radius 1 is 0.882 bits per heavy atom. The first-order valence-electron chi connectivity index (χ1n) is 5.18. The standard InChI is InChI=1S/C13H12Cl2N2/c14-11-6-10(7-12(15)8-11)13(17-16)9-4-2-1-3-5-9/h1-8,13,17H,16H2. The first kappa shape index (κ1) is 12.4. The molecule has 1 atom stereocenters. The van der Waals surface area contributed by atoms with Crippen molar-refractivity contribution in [3.05, 3.63) is 69.7 Å². The zero-order valence-electron chi connectivity index (χ0n) is 9.03. The largest absolute Gasteiger partial charge is 0.271 e. The van der Waals surface area contributed by atoms with Crippen molar-refractivity contribution in [1.82, 2.24) is 5.43 Å². The van der Waals surface area contributed by atoms with Crippen molar-refractivity contribution in [2.24, 2.45) is 5.84 Å². The molecule has 0 aliphatic rings. The van der Waals surface area contributed by atoms with Crippen LogP contribution in [0.3, 0.4) is 0 Å². The van der Waals surface area contributed by atoms with Crippen molar-refractivity contribution in [3.8, 4) is 0 Å². The molecule has 2 aromatic carbocycles. The molecule has 2 nitrogen and oxygen atoms in total. The minimum Gasteiger partial charge on any atom is -0.271 e. The maximum atomic E-state index is 5.99. The van der Waals surface area contributed by atoms with Crippen molar-refractivity contribution >= 4 is 23.2 Å². The molecule has 17 heavy (non-hydrogen) atoms. The predicted molar refractivity (Wildman–Crippen MR) is 72.1 cm³/mol. The van der Waals surface area contributed by atoms with Gasteiger partial charge in [0.25, 0.3) is 0 Å². The Bertz CT molecular complexity index is 480. The first-order valence-corrected chi connectivity index (χ1v) is 5.93. The molecular weight excluding hydrogens is 255 g/mol. The van der Waals surface area contributed by atoms with Gasteiger partial charge in [0.1, 0.15) is 0 Å². The predicted octanol–water partition coefficient (Wildman–Crippen LogP) is 3.55. The summed E-state index contributed by atoms with van der Waals surface area (Å²) < 4.78 is 0. The van der Waals surface area contributed by atoms with Crippen molar-refractivity contribution in [2.75, 3.05) is 0 Å². The fourth-order valence-corrected chi connectivity index (χ4v) is 2.32. The van der Waals surface area contributed by atoms with E-state index in [9.17, 15) is 0 Å². The van der Waals surface area contributed by atoms with Gasteiger partial charge in [-0.3, -0.25) is 5.84 Å². The molecule has 0 radical (unpaired) electrons. The number of halogens is 2. The highest BCUT2D eigenvalue weighted by molar-refractivity contribution is 6.34. The van der Waals surface area contributed by atoms with Gasteiger partial charge in [-0.15, -0.1) is 0 Å². The van der Waals surface area contributed by atoms with Crippen LogP contribution in [-0.2, 0) is 0 Å². The van der Waals surface area contributed by atoms with Gasteiger partial charge in [-0.05, 0) is 29.3 Å². The number of rotatable bonds is 3. The molecule has 0 fully saturated rings. The van der Waals surface area contributed by atoms with E-state index < -0.39 is 0 Å². The highest BCUT2D eigenvalue weighted by Crippen LogP contribution is 2.27. The van der Waals surface area contributed by atoms with Crippen molar-refractivity contribution in [2.45, 2.75) is 6.04 Å². The maximum absolute atomic E-state index is 5.99. The van der Waals surface area contributed by atoms with Gasteiger partial charge in [-0.25, -0.2) is 5.43 Å². The fourth-order valence-electron chi connectivity index (χ4n) is 1.77. The molecule has 0 heterocycles. The van der Waals surface area contributed by atoms with Gasteiger partial charge in [-0.1, -0.05) is 53.5 Å². The number of nitrogens with one attached hydrogen (secondary N) is 1. The molecule has 0 bridgehead atoms. The highest BCUT2D eigenvalue weighted by atomic mass is 35.5. The minimum absolute atomic E-state index is 0.118. The highest BCUT2D eigenvalue weighted by Gasteiger charge is 2.13. The van der Waals surface area contributed by atoms with Crippen molar-refractivity contribution < 1.29 is 0 Å². The summed E-state index contributed by atoms with van der Waals surface area (Å²) >= 11 is 12.0. The number of hydrazine groups is 1. The molecule has 1 unspecified atom stereocenters. The summed E-state index contributed by atoms with van der Waals surface area (Å²) in [5.74, 6) is 5.60. The van der Waals surface area contributed by atoms with E-state index in [1.807, 2.05) is 42.5 Å². The van der Waals surface area contributed by atoms with E-state index in [0.717, 1.165) is 11.1 Å². The molecule has 2 rings (SSSR count). The normalized spacial score (nSPS) is 12.4. The van der Waals surface area contributed by atoms with Gasteiger partial charge in [0.2, 0.25) is 0 Å². The third-order valence-corrected chi connectivity index (χ3v) is 2.95. The lowest BCUT2D eigenvalue weighted by Gasteiger charge is -2.17. The van der Waals surface area contributed by atoms with Crippen LogP contribution in [0.4, 0.5) is 0 Å². The third-order valence-electron chi connectivity index (χ3n) is 2.52. The lowest BCUT2D eigenvalue weighted by Crippen LogP contribution is -2.28. The molecule has 0 aliphatic heterocycles. The van der Waals surface area contributed by atoms with Gasteiger partial charge < -0.3 is 0 Å². The van der Waals surface area contributed by atoms with Gasteiger partial charge >= 0.3 is 0 Å². The van der Waals surface area contributed by atoms with E-state index in [-0.39, 0.29) is 6.04 Å². The van der Waals surface area contributed by atoms with Gasteiger partial charge in [-0.2, -0.15) is 0 Å². The lowest BCUT2D eigenvalue weighted by atomic mass is 9.99. The lowest BCUT2D eigenvalue weighted by molar-refractivity contribution is 0.637. The van der Waals surface area contributed by atoms with Crippen molar-refractivity contribution in [3.63, 3.8) is 0 Å².